The van der Waals surface area contributed by atoms with Gasteiger partial charge in [0.25, 0.3) is 0 Å². The van der Waals surface area contributed by atoms with E-state index in [1.54, 1.807) is 66.7 Å². The maximum Gasteiger partial charge on any atom is 0.412 e. The van der Waals surface area contributed by atoms with Gasteiger partial charge in [-0.3, -0.25) is 10.1 Å². The third-order valence-electron chi connectivity index (χ3n) is 4.72. The van der Waals surface area contributed by atoms with Crippen LogP contribution in [0.25, 0.3) is 0 Å². The Morgan fingerprint density at radius 2 is 1.59 bits per heavy atom. The summed E-state index contributed by atoms with van der Waals surface area (Å²) in [5.74, 6) is -0.600. The summed E-state index contributed by atoms with van der Waals surface area (Å²) in [7, 11) is 0. The first-order chi connectivity index (χ1) is 15.4. The lowest BCUT2D eigenvalue weighted by Crippen LogP contribution is -2.21. The molecule has 0 aliphatic heterocycles. The monoisotopic (exact) mass is 431 g/mol. The van der Waals surface area contributed by atoms with E-state index < -0.39 is 12.2 Å². The molecular weight excluding hydrogens is 406 g/mol. The minimum atomic E-state index is -0.690. The number of hydrogen-bond donors (Lipinski definition) is 4. The molecule has 2 amide bonds. The van der Waals surface area contributed by atoms with Crippen molar-refractivity contribution in [2.45, 2.75) is 13.0 Å². The normalized spacial score (nSPS) is 12.7. The lowest BCUT2D eigenvalue weighted by atomic mass is 9.96. The predicted molar refractivity (Wildman–Crippen MR) is 125 cm³/mol. The Balaban J connectivity index is 1.72. The molecule has 164 valence electrons. The Labute approximate surface area is 186 Å². The fourth-order valence-corrected chi connectivity index (χ4v) is 3.05. The van der Waals surface area contributed by atoms with Crippen LogP contribution in [-0.4, -0.2) is 17.1 Å². The highest BCUT2D eigenvalue weighted by molar-refractivity contribution is 6.01. The van der Waals surface area contributed by atoms with E-state index in [1.807, 2.05) is 13.0 Å². The van der Waals surface area contributed by atoms with E-state index in [9.17, 15) is 14.7 Å². The van der Waals surface area contributed by atoms with E-state index in [4.69, 9.17) is 10.5 Å². The van der Waals surface area contributed by atoms with Crippen LogP contribution < -0.4 is 16.4 Å². The van der Waals surface area contributed by atoms with Crippen molar-refractivity contribution in [2.75, 3.05) is 16.4 Å². The van der Waals surface area contributed by atoms with E-state index in [0.717, 1.165) is 0 Å². The topological polar surface area (TPSA) is 114 Å². The SMILES string of the molecule is C[C@@H](/C=C/C(=O)Nc1ccccc1N)[C@@H](OC(=O)Nc1ccccc1)c1ccc(O)cc1. The van der Waals surface area contributed by atoms with Gasteiger partial charge in [0.05, 0.1) is 11.4 Å². The Hall–Kier alpha value is -4.26. The van der Waals surface area contributed by atoms with Crippen LogP contribution in [-0.2, 0) is 9.53 Å². The summed E-state index contributed by atoms with van der Waals surface area (Å²) in [6.07, 6.45) is 1.71. The van der Waals surface area contributed by atoms with Gasteiger partial charge in [0.2, 0.25) is 5.91 Å². The van der Waals surface area contributed by atoms with Crippen molar-refractivity contribution in [2.24, 2.45) is 5.92 Å². The summed E-state index contributed by atoms with van der Waals surface area (Å²) in [6.45, 7) is 1.83. The van der Waals surface area contributed by atoms with E-state index in [2.05, 4.69) is 10.6 Å². The molecule has 0 radical (unpaired) electrons. The maximum absolute atomic E-state index is 12.5. The highest BCUT2D eigenvalue weighted by Crippen LogP contribution is 2.29. The van der Waals surface area contributed by atoms with Crippen LogP contribution in [0.4, 0.5) is 21.9 Å². The van der Waals surface area contributed by atoms with E-state index in [1.165, 1.54) is 18.2 Å². The fourth-order valence-electron chi connectivity index (χ4n) is 3.05. The quantitative estimate of drug-likeness (QED) is 0.307. The molecule has 0 unspecified atom stereocenters. The number of anilines is 3. The second-order valence-electron chi connectivity index (χ2n) is 7.20. The molecule has 0 fully saturated rings. The van der Waals surface area contributed by atoms with Gasteiger partial charge in [-0.15, -0.1) is 0 Å². The molecule has 0 aromatic heterocycles. The van der Waals surface area contributed by atoms with Crippen LogP contribution in [0, 0.1) is 5.92 Å². The number of carbonyl (C=O) groups excluding carboxylic acids is 2. The highest BCUT2D eigenvalue weighted by Gasteiger charge is 2.22. The van der Waals surface area contributed by atoms with Gasteiger partial charge in [-0.25, -0.2) is 4.79 Å². The van der Waals surface area contributed by atoms with Gasteiger partial charge in [-0.2, -0.15) is 0 Å². The average molecular weight is 431 g/mol. The van der Waals surface area contributed by atoms with Crippen molar-refractivity contribution < 1.29 is 19.4 Å². The zero-order valence-electron chi connectivity index (χ0n) is 17.6. The van der Waals surface area contributed by atoms with Gasteiger partial charge in [0.1, 0.15) is 11.9 Å². The van der Waals surface area contributed by atoms with Crippen LogP contribution in [0.5, 0.6) is 5.75 Å². The summed E-state index contributed by atoms with van der Waals surface area (Å²) >= 11 is 0. The van der Waals surface area contributed by atoms with Crippen LogP contribution in [0.1, 0.15) is 18.6 Å². The number of para-hydroxylation sites is 3. The largest absolute Gasteiger partial charge is 0.508 e. The van der Waals surface area contributed by atoms with E-state index in [0.29, 0.717) is 22.6 Å². The molecule has 7 heteroatoms. The van der Waals surface area contributed by atoms with Crippen molar-refractivity contribution in [3.8, 4) is 5.75 Å². The van der Waals surface area contributed by atoms with Crippen molar-refractivity contribution >= 4 is 29.1 Å². The predicted octanol–water partition coefficient (Wildman–Crippen LogP) is 5.10. The minimum absolute atomic E-state index is 0.101. The van der Waals surface area contributed by atoms with Gasteiger partial charge in [-0.1, -0.05) is 55.5 Å². The molecule has 0 aliphatic rings. The van der Waals surface area contributed by atoms with Gasteiger partial charge >= 0.3 is 6.09 Å². The molecule has 0 aliphatic carbocycles. The molecule has 3 aromatic carbocycles. The summed E-state index contributed by atoms with van der Waals surface area (Å²) in [5, 5.41) is 15.0. The molecule has 0 saturated carbocycles. The molecule has 2 atom stereocenters. The number of phenols is 1. The standard InChI is InChI=1S/C25H25N3O4/c1-17(11-16-23(30)28-22-10-6-5-9-21(22)26)24(18-12-14-20(29)15-13-18)32-25(31)27-19-7-3-2-4-8-19/h2-17,24,29H,26H2,1H3,(H,27,31)(H,28,30)/b16-11+/t17-,24+/m0/s1. The molecule has 3 aromatic rings. The van der Waals surface area contributed by atoms with Gasteiger partial charge in [0, 0.05) is 11.6 Å². The summed E-state index contributed by atoms with van der Waals surface area (Å²) in [6, 6.07) is 22.3. The summed E-state index contributed by atoms with van der Waals surface area (Å²) in [4.78, 5) is 24.8. The van der Waals surface area contributed by atoms with Crippen LogP contribution >= 0.6 is 0 Å². The molecule has 5 N–H and O–H groups in total. The van der Waals surface area contributed by atoms with Gasteiger partial charge in [0.15, 0.2) is 0 Å². The summed E-state index contributed by atoms with van der Waals surface area (Å²) in [5.41, 5.74) is 8.11. The lowest BCUT2D eigenvalue weighted by Gasteiger charge is -2.23. The Bertz CT molecular complexity index is 1080. The number of hydrogen-bond acceptors (Lipinski definition) is 5. The number of carbonyl (C=O) groups is 2. The van der Waals surface area contributed by atoms with Crippen LogP contribution in [0.2, 0.25) is 0 Å². The number of benzene rings is 3. The first-order valence-corrected chi connectivity index (χ1v) is 10.1. The van der Waals surface area contributed by atoms with Crippen molar-refractivity contribution in [3.05, 3.63) is 96.6 Å². The Morgan fingerprint density at radius 3 is 2.28 bits per heavy atom. The number of nitrogens with one attached hydrogen (secondary N) is 2. The second-order valence-corrected chi connectivity index (χ2v) is 7.20. The lowest BCUT2D eigenvalue weighted by molar-refractivity contribution is -0.111. The molecule has 0 bridgehead atoms. The van der Waals surface area contributed by atoms with Crippen LogP contribution in [0.3, 0.4) is 0 Å². The zero-order chi connectivity index (χ0) is 22.9. The minimum Gasteiger partial charge on any atom is -0.508 e. The Kier molecular flexibility index (Phi) is 7.48. The van der Waals surface area contributed by atoms with Gasteiger partial charge in [-0.05, 0) is 48.0 Å². The molecule has 7 nitrogen and oxygen atoms in total. The third-order valence-corrected chi connectivity index (χ3v) is 4.72. The van der Waals surface area contributed by atoms with Crippen LogP contribution in [0.15, 0.2) is 91.0 Å². The molecule has 0 saturated heterocycles. The molecule has 0 spiro atoms. The van der Waals surface area contributed by atoms with Crippen molar-refractivity contribution in [1.82, 2.24) is 0 Å². The number of ether oxygens (including phenoxy) is 1. The first kappa shape index (κ1) is 22.4. The average Bonchev–Trinajstić information content (AvgIpc) is 2.79. The number of rotatable bonds is 7. The number of phenolic OH excluding ortho intramolecular Hbond substituents is 1. The molecule has 0 heterocycles. The number of nitrogens with two attached hydrogens (primary N) is 1. The number of aromatic hydroxyl groups is 1. The Morgan fingerprint density at radius 1 is 0.938 bits per heavy atom. The van der Waals surface area contributed by atoms with Gasteiger partial charge < -0.3 is 20.9 Å². The molecule has 3 rings (SSSR count). The second kappa shape index (κ2) is 10.7. The van der Waals surface area contributed by atoms with E-state index in [-0.39, 0.29) is 17.6 Å². The fraction of sp³-hybridized carbons (Fsp3) is 0.120. The first-order valence-electron chi connectivity index (χ1n) is 10.1. The molecular formula is C25H25N3O4. The van der Waals surface area contributed by atoms with Crippen molar-refractivity contribution in [1.29, 1.82) is 0 Å². The maximum atomic E-state index is 12.5. The zero-order valence-corrected chi connectivity index (χ0v) is 17.6. The molecule has 32 heavy (non-hydrogen) atoms. The smallest absolute Gasteiger partial charge is 0.412 e. The van der Waals surface area contributed by atoms with E-state index >= 15 is 0 Å². The number of amides is 2. The summed E-state index contributed by atoms with van der Waals surface area (Å²) < 4.78 is 5.68. The highest BCUT2D eigenvalue weighted by atomic mass is 16.6. The third kappa shape index (κ3) is 6.37. The number of nitrogen functional groups attached to an aromatic ring is 1. The van der Waals surface area contributed by atoms with Crippen molar-refractivity contribution in [3.63, 3.8) is 0 Å².